The highest BCUT2D eigenvalue weighted by Gasteiger charge is 2.13. The molecule has 0 aliphatic heterocycles. The minimum atomic E-state index is -0.549. The van der Waals surface area contributed by atoms with Gasteiger partial charge in [0.1, 0.15) is 17.9 Å². The first kappa shape index (κ1) is 18.5. The number of pyridine rings is 1. The van der Waals surface area contributed by atoms with Crippen LogP contribution in [0.4, 0.5) is 5.69 Å². The van der Waals surface area contributed by atoms with E-state index >= 15 is 0 Å². The third kappa shape index (κ3) is 4.68. The number of rotatable bonds is 6. The molecule has 2 aromatic carbocycles. The fourth-order valence-corrected chi connectivity index (χ4v) is 2.50. The maximum Gasteiger partial charge on any atom is 0.295 e. The Morgan fingerprint density at radius 2 is 1.89 bits per heavy atom. The van der Waals surface area contributed by atoms with E-state index in [-0.39, 0.29) is 12.2 Å². The summed E-state index contributed by atoms with van der Waals surface area (Å²) in [6.45, 7) is 0.165. The van der Waals surface area contributed by atoms with E-state index in [9.17, 15) is 9.59 Å². The number of ether oxygens (including phenoxy) is 1. The Bertz CT molecular complexity index is 999. The fourth-order valence-electron chi connectivity index (χ4n) is 2.37. The van der Waals surface area contributed by atoms with Crippen molar-refractivity contribution in [1.29, 1.82) is 0 Å². The maximum atomic E-state index is 12.5. The SMILES string of the molecule is COc1cccc(NC(=O)c2cccn(OCc3ccc(Cl)cc3)c2=O)c1. The molecule has 0 radical (unpaired) electrons. The first-order valence-corrected chi connectivity index (χ1v) is 8.49. The molecule has 1 N–H and O–H groups in total. The van der Waals surface area contributed by atoms with Gasteiger partial charge in [0.2, 0.25) is 0 Å². The Hall–Kier alpha value is -3.25. The minimum Gasteiger partial charge on any atom is -0.497 e. The number of nitrogens with zero attached hydrogens (tertiary/aromatic N) is 1. The first-order valence-electron chi connectivity index (χ1n) is 8.11. The van der Waals surface area contributed by atoms with Crippen LogP contribution < -0.4 is 20.5 Å². The number of halogens is 1. The number of aromatic nitrogens is 1. The van der Waals surface area contributed by atoms with Crippen LogP contribution in [0.2, 0.25) is 5.02 Å². The topological polar surface area (TPSA) is 69.6 Å². The maximum absolute atomic E-state index is 12.5. The number of methoxy groups -OCH3 is 1. The summed E-state index contributed by atoms with van der Waals surface area (Å²) < 4.78 is 6.16. The zero-order valence-corrected chi connectivity index (χ0v) is 15.3. The molecular formula is C20H17ClN2O4. The predicted molar refractivity (Wildman–Crippen MR) is 103 cm³/mol. The summed E-state index contributed by atoms with van der Waals surface area (Å²) in [6.07, 6.45) is 1.46. The Morgan fingerprint density at radius 1 is 1.11 bits per heavy atom. The average molecular weight is 385 g/mol. The molecule has 3 aromatic rings. The van der Waals surface area contributed by atoms with Gasteiger partial charge in [0.15, 0.2) is 0 Å². The van der Waals surface area contributed by atoms with E-state index in [0.29, 0.717) is 16.5 Å². The van der Waals surface area contributed by atoms with Crippen LogP contribution in [0.15, 0.2) is 71.7 Å². The van der Waals surface area contributed by atoms with Crippen LogP contribution in [0.5, 0.6) is 5.75 Å². The number of hydrogen-bond acceptors (Lipinski definition) is 4. The number of hydrogen-bond donors (Lipinski definition) is 1. The van der Waals surface area contributed by atoms with Crippen molar-refractivity contribution in [2.24, 2.45) is 0 Å². The standard InChI is InChI=1S/C20H17ClN2O4/c1-26-17-5-2-4-16(12-17)22-19(24)18-6-3-11-23(20(18)25)27-13-14-7-9-15(21)10-8-14/h2-12H,13H2,1H3,(H,22,24). The Labute approximate surface area is 160 Å². The smallest absolute Gasteiger partial charge is 0.295 e. The molecule has 0 bridgehead atoms. The molecule has 0 saturated heterocycles. The number of nitrogens with one attached hydrogen (secondary N) is 1. The average Bonchev–Trinajstić information content (AvgIpc) is 2.68. The van der Waals surface area contributed by atoms with Gasteiger partial charge in [0, 0.05) is 23.0 Å². The van der Waals surface area contributed by atoms with E-state index in [1.54, 1.807) is 54.6 Å². The van der Waals surface area contributed by atoms with Crippen molar-refractivity contribution in [2.45, 2.75) is 6.61 Å². The largest absolute Gasteiger partial charge is 0.497 e. The zero-order chi connectivity index (χ0) is 19.2. The number of anilines is 1. The van der Waals surface area contributed by atoms with Crippen LogP contribution in [-0.4, -0.2) is 17.7 Å². The van der Waals surface area contributed by atoms with Gasteiger partial charge in [-0.15, -0.1) is 0 Å². The van der Waals surface area contributed by atoms with Gasteiger partial charge in [0.25, 0.3) is 11.5 Å². The summed E-state index contributed by atoms with van der Waals surface area (Å²) in [5.41, 5.74) is 0.789. The third-order valence-electron chi connectivity index (χ3n) is 3.77. The third-order valence-corrected chi connectivity index (χ3v) is 4.02. The van der Waals surface area contributed by atoms with Crippen LogP contribution in [-0.2, 0) is 6.61 Å². The van der Waals surface area contributed by atoms with Crippen molar-refractivity contribution in [2.75, 3.05) is 12.4 Å². The molecule has 6 nitrogen and oxygen atoms in total. The highest BCUT2D eigenvalue weighted by molar-refractivity contribution is 6.30. The van der Waals surface area contributed by atoms with E-state index in [1.165, 1.54) is 19.4 Å². The van der Waals surface area contributed by atoms with Crippen molar-refractivity contribution < 1.29 is 14.4 Å². The predicted octanol–water partition coefficient (Wildman–Crippen LogP) is 3.39. The summed E-state index contributed by atoms with van der Waals surface area (Å²) in [5, 5.41) is 3.30. The lowest BCUT2D eigenvalue weighted by molar-refractivity contribution is 0.0863. The number of carbonyl (C=O) groups excluding carboxylic acids is 1. The Balaban J connectivity index is 1.74. The number of benzene rings is 2. The molecule has 27 heavy (non-hydrogen) atoms. The van der Waals surface area contributed by atoms with Crippen LogP contribution in [0.1, 0.15) is 15.9 Å². The van der Waals surface area contributed by atoms with E-state index in [2.05, 4.69) is 5.32 Å². The second kappa shape index (κ2) is 8.42. The molecule has 0 saturated carbocycles. The van der Waals surface area contributed by atoms with Gasteiger partial charge in [-0.2, -0.15) is 4.73 Å². The minimum absolute atomic E-state index is 0.0311. The van der Waals surface area contributed by atoms with E-state index in [0.717, 1.165) is 10.3 Å². The summed E-state index contributed by atoms with van der Waals surface area (Å²) in [7, 11) is 1.54. The molecule has 0 unspecified atom stereocenters. The second-order valence-electron chi connectivity index (χ2n) is 5.64. The Kier molecular flexibility index (Phi) is 5.78. The van der Waals surface area contributed by atoms with E-state index < -0.39 is 11.5 Å². The van der Waals surface area contributed by atoms with Gasteiger partial charge < -0.3 is 14.9 Å². The fraction of sp³-hybridized carbons (Fsp3) is 0.100. The lowest BCUT2D eigenvalue weighted by atomic mass is 10.2. The summed E-state index contributed by atoms with van der Waals surface area (Å²) >= 11 is 5.85. The normalized spacial score (nSPS) is 10.3. The van der Waals surface area contributed by atoms with Gasteiger partial charge in [-0.1, -0.05) is 29.8 Å². The van der Waals surface area contributed by atoms with Gasteiger partial charge in [-0.05, 0) is 42.0 Å². The highest BCUT2D eigenvalue weighted by Crippen LogP contribution is 2.17. The van der Waals surface area contributed by atoms with Gasteiger partial charge in [-0.25, -0.2) is 0 Å². The van der Waals surface area contributed by atoms with Crippen molar-refractivity contribution in [3.63, 3.8) is 0 Å². The summed E-state index contributed by atoms with van der Waals surface area (Å²) in [4.78, 5) is 30.5. The zero-order valence-electron chi connectivity index (χ0n) is 14.5. The molecule has 1 amide bonds. The quantitative estimate of drug-likeness (QED) is 0.707. The van der Waals surface area contributed by atoms with Gasteiger partial charge >= 0.3 is 0 Å². The molecule has 3 rings (SSSR count). The lowest BCUT2D eigenvalue weighted by Crippen LogP contribution is -2.32. The van der Waals surface area contributed by atoms with Crippen molar-refractivity contribution in [3.8, 4) is 5.75 Å². The molecule has 1 aromatic heterocycles. The van der Waals surface area contributed by atoms with E-state index in [1.807, 2.05) is 0 Å². The van der Waals surface area contributed by atoms with Crippen molar-refractivity contribution >= 4 is 23.2 Å². The lowest BCUT2D eigenvalue weighted by Gasteiger charge is -2.11. The number of carbonyl (C=O) groups is 1. The molecule has 0 aliphatic rings. The molecule has 7 heteroatoms. The number of amides is 1. The molecule has 0 fully saturated rings. The monoisotopic (exact) mass is 384 g/mol. The van der Waals surface area contributed by atoms with Crippen molar-refractivity contribution in [3.05, 3.63) is 93.4 Å². The van der Waals surface area contributed by atoms with Crippen LogP contribution in [0.25, 0.3) is 0 Å². The van der Waals surface area contributed by atoms with Crippen LogP contribution >= 0.6 is 11.6 Å². The van der Waals surface area contributed by atoms with Crippen LogP contribution in [0.3, 0.4) is 0 Å². The summed E-state index contributed by atoms with van der Waals surface area (Å²) in [6, 6.07) is 17.0. The molecule has 0 spiro atoms. The van der Waals surface area contributed by atoms with Crippen LogP contribution in [0, 0.1) is 0 Å². The molecule has 0 aliphatic carbocycles. The molecule has 138 valence electrons. The molecular weight excluding hydrogens is 368 g/mol. The first-order chi connectivity index (χ1) is 13.1. The molecule has 1 heterocycles. The molecule has 0 atom stereocenters. The van der Waals surface area contributed by atoms with Gasteiger partial charge in [0.05, 0.1) is 7.11 Å². The second-order valence-corrected chi connectivity index (χ2v) is 6.08. The van der Waals surface area contributed by atoms with E-state index in [4.69, 9.17) is 21.2 Å². The highest BCUT2D eigenvalue weighted by atomic mass is 35.5. The van der Waals surface area contributed by atoms with Crippen molar-refractivity contribution in [1.82, 2.24) is 4.73 Å². The summed E-state index contributed by atoms with van der Waals surface area (Å²) in [5.74, 6) is 0.0715. The van der Waals surface area contributed by atoms with Gasteiger partial charge in [-0.3, -0.25) is 9.59 Å². The Morgan fingerprint density at radius 3 is 2.63 bits per heavy atom.